The van der Waals surface area contributed by atoms with E-state index in [4.69, 9.17) is 0 Å². The first-order chi connectivity index (χ1) is 10.2. The largest absolute Gasteiger partial charge is 0.341 e. The highest BCUT2D eigenvalue weighted by molar-refractivity contribution is 5.98. The van der Waals surface area contributed by atoms with Crippen molar-refractivity contribution in [3.8, 4) is 0 Å². The van der Waals surface area contributed by atoms with Crippen molar-refractivity contribution >= 4 is 16.7 Å². The molecule has 0 aromatic heterocycles. The highest BCUT2D eigenvalue weighted by atomic mass is 16.2. The molecule has 1 unspecified atom stereocenters. The summed E-state index contributed by atoms with van der Waals surface area (Å²) in [6.45, 7) is 2.97. The van der Waals surface area contributed by atoms with Gasteiger partial charge in [-0.25, -0.2) is 0 Å². The molecule has 2 aromatic rings. The van der Waals surface area contributed by atoms with Gasteiger partial charge in [0, 0.05) is 19.2 Å². The summed E-state index contributed by atoms with van der Waals surface area (Å²) < 4.78 is 0. The molecule has 1 saturated heterocycles. The summed E-state index contributed by atoms with van der Waals surface area (Å²) >= 11 is 0. The Morgan fingerprint density at radius 2 is 2.05 bits per heavy atom. The number of rotatable bonds is 3. The molecule has 1 N–H and O–H groups in total. The van der Waals surface area contributed by atoms with Crippen LogP contribution in [0.2, 0.25) is 0 Å². The van der Waals surface area contributed by atoms with Crippen molar-refractivity contribution in [2.45, 2.75) is 12.8 Å². The van der Waals surface area contributed by atoms with E-state index in [2.05, 4.69) is 17.4 Å². The first-order valence-electron chi connectivity index (χ1n) is 7.69. The zero-order chi connectivity index (χ0) is 14.7. The number of amides is 1. The quantitative estimate of drug-likeness (QED) is 0.939. The minimum absolute atomic E-state index is 0.117. The number of carbonyl (C=O) groups excluding carboxylic acids is 1. The van der Waals surface area contributed by atoms with Gasteiger partial charge in [0.2, 0.25) is 0 Å². The average molecular weight is 282 g/mol. The summed E-state index contributed by atoms with van der Waals surface area (Å²) in [7, 11) is 1.91. The zero-order valence-electron chi connectivity index (χ0n) is 12.5. The fraction of sp³-hybridized carbons (Fsp3) is 0.389. The van der Waals surface area contributed by atoms with Gasteiger partial charge >= 0.3 is 0 Å². The van der Waals surface area contributed by atoms with E-state index in [1.165, 1.54) is 18.2 Å². The van der Waals surface area contributed by atoms with Crippen LogP contribution in [0.5, 0.6) is 0 Å². The lowest BCUT2D eigenvalue weighted by Gasteiger charge is -2.27. The van der Waals surface area contributed by atoms with Crippen LogP contribution in [0.15, 0.2) is 42.5 Å². The van der Waals surface area contributed by atoms with E-state index in [1.807, 2.05) is 42.3 Å². The van der Waals surface area contributed by atoms with Gasteiger partial charge in [0.15, 0.2) is 0 Å². The Bertz CT molecular complexity index is 632. The summed E-state index contributed by atoms with van der Waals surface area (Å²) in [6, 6.07) is 14.1. The number of carbonyl (C=O) groups is 1. The maximum Gasteiger partial charge on any atom is 0.253 e. The minimum atomic E-state index is 0.117. The van der Waals surface area contributed by atoms with Crippen molar-refractivity contribution in [1.29, 1.82) is 0 Å². The first kappa shape index (κ1) is 14.1. The molecule has 1 atom stereocenters. The molecule has 0 spiro atoms. The first-order valence-corrected chi connectivity index (χ1v) is 7.69. The average Bonchev–Trinajstić information content (AvgIpc) is 2.54. The highest BCUT2D eigenvalue weighted by Crippen LogP contribution is 2.18. The monoisotopic (exact) mass is 282 g/mol. The van der Waals surface area contributed by atoms with Gasteiger partial charge in [-0.2, -0.15) is 0 Å². The molecule has 0 radical (unpaired) electrons. The second-order valence-electron chi connectivity index (χ2n) is 5.96. The number of benzene rings is 2. The molecule has 21 heavy (non-hydrogen) atoms. The van der Waals surface area contributed by atoms with Gasteiger partial charge in [-0.15, -0.1) is 0 Å². The lowest BCUT2D eigenvalue weighted by molar-refractivity contribution is 0.0765. The smallest absolute Gasteiger partial charge is 0.253 e. The molecule has 110 valence electrons. The third-order valence-electron chi connectivity index (χ3n) is 4.27. The molecular weight excluding hydrogens is 260 g/mol. The summed E-state index contributed by atoms with van der Waals surface area (Å²) in [5.74, 6) is 0.694. The molecule has 0 aliphatic carbocycles. The highest BCUT2D eigenvalue weighted by Gasteiger charge is 2.19. The predicted molar refractivity (Wildman–Crippen MR) is 86.5 cm³/mol. The lowest BCUT2D eigenvalue weighted by atomic mass is 9.99. The van der Waals surface area contributed by atoms with E-state index in [0.717, 1.165) is 30.6 Å². The molecule has 0 saturated carbocycles. The molecule has 1 heterocycles. The van der Waals surface area contributed by atoms with Gasteiger partial charge in [0.1, 0.15) is 0 Å². The van der Waals surface area contributed by atoms with Crippen molar-refractivity contribution in [2.24, 2.45) is 5.92 Å². The second-order valence-corrected chi connectivity index (χ2v) is 5.96. The van der Waals surface area contributed by atoms with Crippen LogP contribution in [0.25, 0.3) is 10.8 Å². The van der Waals surface area contributed by atoms with E-state index >= 15 is 0 Å². The Balaban J connectivity index is 1.72. The van der Waals surface area contributed by atoms with Gasteiger partial charge in [-0.05, 0) is 54.8 Å². The van der Waals surface area contributed by atoms with Crippen molar-refractivity contribution in [3.63, 3.8) is 0 Å². The molecule has 1 aliphatic rings. The molecular formula is C18H22N2O. The van der Waals surface area contributed by atoms with Crippen molar-refractivity contribution in [1.82, 2.24) is 10.2 Å². The van der Waals surface area contributed by atoms with Crippen LogP contribution in [0, 0.1) is 5.92 Å². The molecule has 1 amide bonds. The third-order valence-corrected chi connectivity index (χ3v) is 4.27. The van der Waals surface area contributed by atoms with Crippen LogP contribution in [0.3, 0.4) is 0 Å². The standard InChI is InChI=1S/C18H22N2O/c1-20(13-14-5-4-10-19-12-14)18(21)17-9-8-15-6-2-3-7-16(15)11-17/h2-3,6-9,11,14,19H,4-5,10,12-13H2,1H3. The fourth-order valence-electron chi connectivity index (χ4n) is 3.09. The van der Waals surface area contributed by atoms with E-state index in [9.17, 15) is 4.79 Å². The molecule has 1 aliphatic heterocycles. The summed E-state index contributed by atoms with van der Waals surface area (Å²) in [6.07, 6.45) is 2.42. The van der Waals surface area contributed by atoms with E-state index in [1.54, 1.807) is 0 Å². The summed E-state index contributed by atoms with van der Waals surface area (Å²) in [5.41, 5.74) is 0.778. The lowest BCUT2D eigenvalue weighted by Crippen LogP contribution is -2.39. The number of nitrogens with zero attached hydrogens (tertiary/aromatic N) is 1. The number of hydrogen-bond donors (Lipinski definition) is 1. The third kappa shape index (κ3) is 3.24. The zero-order valence-corrected chi connectivity index (χ0v) is 12.5. The Morgan fingerprint density at radius 3 is 2.81 bits per heavy atom. The Hall–Kier alpha value is -1.87. The van der Waals surface area contributed by atoms with Crippen LogP contribution in [-0.2, 0) is 0 Å². The normalized spacial score (nSPS) is 18.6. The van der Waals surface area contributed by atoms with E-state index in [0.29, 0.717) is 5.92 Å². The topological polar surface area (TPSA) is 32.3 Å². The maximum absolute atomic E-state index is 12.6. The number of piperidine rings is 1. The van der Waals surface area contributed by atoms with Crippen LogP contribution >= 0.6 is 0 Å². The number of fused-ring (bicyclic) bond motifs is 1. The minimum Gasteiger partial charge on any atom is -0.341 e. The number of nitrogens with one attached hydrogen (secondary N) is 1. The molecule has 1 fully saturated rings. The van der Waals surface area contributed by atoms with Crippen LogP contribution < -0.4 is 5.32 Å². The van der Waals surface area contributed by atoms with Gasteiger partial charge in [-0.3, -0.25) is 4.79 Å². The maximum atomic E-state index is 12.6. The van der Waals surface area contributed by atoms with Crippen LogP contribution in [0.4, 0.5) is 0 Å². The SMILES string of the molecule is CN(CC1CCCNC1)C(=O)c1ccc2ccccc2c1. The van der Waals surface area contributed by atoms with Gasteiger partial charge < -0.3 is 10.2 Å². The second kappa shape index (κ2) is 6.27. The number of hydrogen-bond acceptors (Lipinski definition) is 2. The van der Waals surface area contributed by atoms with E-state index in [-0.39, 0.29) is 5.91 Å². The molecule has 0 bridgehead atoms. The summed E-state index contributed by atoms with van der Waals surface area (Å²) in [5, 5.41) is 5.70. The van der Waals surface area contributed by atoms with Crippen LogP contribution in [0.1, 0.15) is 23.2 Å². The summed E-state index contributed by atoms with van der Waals surface area (Å²) in [4.78, 5) is 14.4. The Morgan fingerprint density at radius 1 is 1.24 bits per heavy atom. The van der Waals surface area contributed by atoms with Crippen molar-refractivity contribution in [2.75, 3.05) is 26.7 Å². The van der Waals surface area contributed by atoms with Crippen LogP contribution in [-0.4, -0.2) is 37.5 Å². The van der Waals surface area contributed by atoms with Crippen molar-refractivity contribution in [3.05, 3.63) is 48.0 Å². The molecule has 2 aromatic carbocycles. The molecule has 3 rings (SSSR count). The van der Waals surface area contributed by atoms with Crippen molar-refractivity contribution < 1.29 is 4.79 Å². The van der Waals surface area contributed by atoms with Gasteiger partial charge in [0.25, 0.3) is 5.91 Å². The van der Waals surface area contributed by atoms with E-state index < -0.39 is 0 Å². The predicted octanol–water partition coefficient (Wildman–Crippen LogP) is 2.91. The molecule has 3 heteroatoms. The Labute approximate surface area is 125 Å². The van der Waals surface area contributed by atoms with Gasteiger partial charge in [-0.1, -0.05) is 30.3 Å². The fourth-order valence-corrected chi connectivity index (χ4v) is 3.09. The van der Waals surface area contributed by atoms with Gasteiger partial charge in [0.05, 0.1) is 0 Å². The molecule has 3 nitrogen and oxygen atoms in total. The Kier molecular flexibility index (Phi) is 4.20.